The van der Waals surface area contributed by atoms with E-state index in [1.54, 1.807) is 11.2 Å². The van der Waals surface area contributed by atoms with Crippen LogP contribution in [0.5, 0.6) is 0 Å². The van der Waals surface area contributed by atoms with Crippen molar-refractivity contribution >= 4 is 10.0 Å². The lowest BCUT2D eigenvalue weighted by Crippen LogP contribution is -2.36. The Morgan fingerprint density at radius 3 is 2.68 bits per heavy atom. The molecule has 0 radical (unpaired) electrons. The van der Waals surface area contributed by atoms with Gasteiger partial charge >= 0.3 is 0 Å². The highest BCUT2D eigenvalue weighted by Crippen LogP contribution is 2.21. The molecule has 1 heterocycles. The summed E-state index contributed by atoms with van der Waals surface area (Å²) in [7, 11) is -1.71. The number of fused-ring (bicyclic) bond motifs is 1. The van der Waals surface area contributed by atoms with Gasteiger partial charge in [0, 0.05) is 20.2 Å². The molecule has 0 saturated heterocycles. The number of methoxy groups -OCH3 is 1. The fourth-order valence-electron chi connectivity index (χ4n) is 2.38. The van der Waals surface area contributed by atoms with Crippen LogP contribution < -0.4 is 0 Å². The van der Waals surface area contributed by atoms with Crippen molar-refractivity contribution in [1.82, 2.24) is 4.31 Å². The van der Waals surface area contributed by atoms with Crippen LogP contribution in [0.1, 0.15) is 24.5 Å². The Kier molecular flexibility index (Phi) is 4.60. The average Bonchev–Trinajstić information content (AvgIpc) is 2.60. The van der Waals surface area contributed by atoms with E-state index in [2.05, 4.69) is 6.07 Å². The predicted molar refractivity (Wildman–Crippen MR) is 75.4 cm³/mol. The van der Waals surface area contributed by atoms with Crippen LogP contribution in [0.15, 0.2) is 24.3 Å². The van der Waals surface area contributed by atoms with E-state index in [-0.39, 0.29) is 11.9 Å². The van der Waals surface area contributed by atoms with E-state index in [1.807, 2.05) is 18.2 Å². The maximum atomic E-state index is 12.4. The summed E-state index contributed by atoms with van der Waals surface area (Å²) in [4.78, 5) is 0. The maximum absolute atomic E-state index is 12.4. The van der Waals surface area contributed by atoms with Crippen LogP contribution in [0.2, 0.25) is 0 Å². The van der Waals surface area contributed by atoms with Gasteiger partial charge in [0.2, 0.25) is 10.0 Å². The molecule has 0 aliphatic carbocycles. The third kappa shape index (κ3) is 3.55. The molecule has 1 aromatic carbocycles. The minimum Gasteiger partial charge on any atom is -0.381 e. The van der Waals surface area contributed by atoms with Crippen LogP contribution in [-0.2, 0) is 27.7 Å². The van der Waals surface area contributed by atoms with Crippen LogP contribution in [0, 0.1) is 0 Å². The second kappa shape index (κ2) is 6.03. The molecule has 0 amide bonds. The molecule has 1 aliphatic rings. The van der Waals surface area contributed by atoms with Gasteiger partial charge in [0.15, 0.2) is 0 Å². The molecule has 1 aliphatic heterocycles. The molecule has 1 aromatic rings. The van der Waals surface area contributed by atoms with E-state index in [4.69, 9.17) is 4.74 Å². The number of sulfonamides is 1. The zero-order valence-corrected chi connectivity index (χ0v) is 12.3. The molecule has 0 fully saturated rings. The summed E-state index contributed by atoms with van der Waals surface area (Å²) in [5.74, 6) is 0.0473. The lowest BCUT2D eigenvalue weighted by molar-refractivity contribution is 0.135. The van der Waals surface area contributed by atoms with Gasteiger partial charge in [0.25, 0.3) is 0 Å². The number of benzene rings is 1. The molecule has 0 bridgehead atoms. The van der Waals surface area contributed by atoms with Gasteiger partial charge in [-0.15, -0.1) is 0 Å². The van der Waals surface area contributed by atoms with Crippen LogP contribution in [0.25, 0.3) is 0 Å². The second-order valence-corrected chi connectivity index (χ2v) is 7.04. The van der Waals surface area contributed by atoms with Gasteiger partial charge in [-0.2, -0.15) is 4.31 Å². The Hall–Kier alpha value is -0.910. The Bertz CT molecular complexity index is 527. The molecule has 0 N–H and O–H groups in total. The van der Waals surface area contributed by atoms with Crippen LogP contribution in [0.4, 0.5) is 0 Å². The normalized spacial score (nSPS) is 18.6. The number of nitrogens with zero attached hydrogens (tertiary/aromatic N) is 1. The lowest BCUT2D eigenvalue weighted by Gasteiger charge is -2.22. The van der Waals surface area contributed by atoms with Crippen molar-refractivity contribution in [1.29, 1.82) is 0 Å². The Morgan fingerprint density at radius 2 is 2.00 bits per heavy atom. The zero-order chi connectivity index (χ0) is 13.9. The van der Waals surface area contributed by atoms with Gasteiger partial charge in [-0.1, -0.05) is 24.3 Å². The molecule has 0 spiro atoms. The quantitative estimate of drug-likeness (QED) is 0.846. The summed E-state index contributed by atoms with van der Waals surface area (Å²) in [5.41, 5.74) is 2.38. The highest BCUT2D eigenvalue weighted by atomic mass is 32.2. The first-order valence-electron chi connectivity index (χ1n) is 6.60. The van der Waals surface area contributed by atoms with Crippen molar-refractivity contribution in [2.24, 2.45) is 0 Å². The van der Waals surface area contributed by atoms with Gasteiger partial charge < -0.3 is 4.74 Å². The van der Waals surface area contributed by atoms with Crippen molar-refractivity contribution in [3.05, 3.63) is 35.4 Å². The first-order chi connectivity index (χ1) is 9.03. The highest BCUT2D eigenvalue weighted by molar-refractivity contribution is 7.89. The fraction of sp³-hybridized carbons (Fsp3) is 0.571. The third-order valence-corrected chi connectivity index (χ3v) is 5.55. The van der Waals surface area contributed by atoms with Crippen molar-refractivity contribution in [3.8, 4) is 0 Å². The van der Waals surface area contributed by atoms with Crippen molar-refractivity contribution in [2.45, 2.75) is 32.4 Å². The Morgan fingerprint density at radius 1 is 1.32 bits per heavy atom. The fourth-order valence-corrected chi connectivity index (χ4v) is 4.06. The van der Waals surface area contributed by atoms with Crippen LogP contribution >= 0.6 is 0 Å². The monoisotopic (exact) mass is 283 g/mol. The lowest BCUT2D eigenvalue weighted by atomic mass is 10.0. The van der Waals surface area contributed by atoms with Gasteiger partial charge in [-0.25, -0.2) is 8.42 Å². The van der Waals surface area contributed by atoms with Crippen LogP contribution in [-0.4, -0.2) is 38.2 Å². The zero-order valence-electron chi connectivity index (χ0n) is 11.5. The van der Waals surface area contributed by atoms with Gasteiger partial charge in [-0.05, 0) is 30.9 Å². The van der Waals surface area contributed by atoms with E-state index >= 15 is 0 Å². The van der Waals surface area contributed by atoms with Gasteiger partial charge in [0.05, 0.1) is 11.9 Å². The van der Waals surface area contributed by atoms with E-state index in [9.17, 15) is 8.42 Å². The molecule has 4 nitrogen and oxygen atoms in total. The van der Waals surface area contributed by atoms with Gasteiger partial charge in [-0.3, -0.25) is 0 Å². The summed E-state index contributed by atoms with van der Waals surface area (Å²) in [6.45, 7) is 2.85. The number of ether oxygens (including phenoxy) is 1. The first-order valence-corrected chi connectivity index (χ1v) is 8.21. The highest BCUT2D eigenvalue weighted by Gasteiger charge is 2.26. The minimum atomic E-state index is -3.25. The summed E-state index contributed by atoms with van der Waals surface area (Å²) < 4.78 is 31.4. The number of hydrogen-bond donors (Lipinski definition) is 0. The van der Waals surface area contributed by atoms with E-state index in [1.165, 1.54) is 12.7 Å². The van der Waals surface area contributed by atoms with Crippen molar-refractivity contribution < 1.29 is 13.2 Å². The molecular formula is C14H21NO3S. The number of rotatable bonds is 4. The van der Waals surface area contributed by atoms with Crippen molar-refractivity contribution in [3.63, 3.8) is 0 Å². The maximum Gasteiger partial charge on any atom is 0.216 e. The van der Waals surface area contributed by atoms with Crippen molar-refractivity contribution in [2.75, 3.05) is 19.4 Å². The number of hydrogen-bond acceptors (Lipinski definition) is 3. The van der Waals surface area contributed by atoms with E-state index < -0.39 is 10.0 Å². The van der Waals surface area contributed by atoms with Gasteiger partial charge in [0.1, 0.15) is 0 Å². The molecule has 0 saturated carbocycles. The molecule has 19 heavy (non-hydrogen) atoms. The smallest absolute Gasteiger partial charge is 0.216 e. The largest absolute Gasteiger partial charge is 0.381 e. The Balaban J connectivity index is 2.18. The van der Waals surface area contributed by atoms with E-state index in [0.717, 1.165) is 18.4 Å². The average molecular weight is 283 g/mol. The SMILES string of the molecule is CO[C@H](C)CS(=O)(=O)N1CCCc2ccccc2C1. The van der Waals surface area contributed by atoms with E-state index in [0.29, 0.717) is 13.1 Å². The first kappa shape index (κ1) is 14.5. The summed E-state index contributed by atoms with van der Waals surface area (Å²) in [6, 6.07) is 8.08. The second-order valence-electron chi connectivity index (χ2n) is 5.03. The third-order valence-electron chi connectivity index (χ3n) is 3.56. The summed E-state index contributed by atoms with van der Waals surface area (Å²) >= 11 is 0. The number of aryl methyl sites for hydroxylation is 1. The molecule has 0 aromatic heterocycles. The molecule has 2 rings (SSSR count). The molecule has 1 atom stereocenters. The summed E-state index contributed by atoms with van der Waals surface area (Å²) in [6.07, 6.45) is 1.54. The molecule has 5 heteroatoms. The van der Waals surface area contributed by atoms with Crippen LogP contribution in [0.3, 0.4) is 0 Å². The molecule has 0 unspecified atom stereocenters. The molecular weight excluding hydrogens is 262 g/mol. The summed E-state index contributed by atoms with van der Waals surface area (Å²) in [5, 5.41) is 0. The Labute approximate surface area is 115 Å². The minimum absolute atomic E-state index is 0.0473. The standard InChI is InChI=1S/C14H21NO3S/c1-12(18-2)11-19(16,17)15-9-5-8-13-6-3-4-7-14(13)10-15/h3-4,6-7,12H,5,8-11H2,1-2H3/t12-/m1/s1. The predicted octanol–water partition coefficient (Wildman–Crippen LogP) is 1.80. The topological polar surface area (TPSA) is 46.6 Å². The molecule has 106 valence electrons.